The molecule has 1 aromatic heterocycles. The van der Waals surface area contributed by atoms with E-state index in [-0.39, 0.29) is 0 Å². The summed E-state index contributed by atoms with van der Waals surface area (Å²) in [6, 6.07) is 6.20. The Bertz CT molecular complexity index is 526. The van der Waals surface area contributed by atoms with Crippen molar-refractivity contribution in [2.45, 2.75) is 20.3 Å². The number of fused-ring (bicyclic) bond motifs is 1. The molecule has 0 spiro atoms. The molecule has 1 aromatic carbocycles. The normalized spacial score (nSPS) is 11.4. The summed E-state index contributed by atoms with van der Waals surface area (Å²) in [7, 11) is 0. The molecule has 0 aliphatic rings. The second kappa shape index (κ2) is 7.22. The molecule has 2 rings (SSSR count). The summed E-state index contributed by atoms with van der Waals surface area (Å²) in [5, 5.41) is 4.44. The van der Waals surface area contributed by atoms with E-state index in [4.69, 9.17) is 0 Å². The third-order valence-electron chi connectivity index (χ3n) is 3.04. The van der Waals surface area contributed by atoms with Gasteiger partial charge in [0.2, 0.25) is 0 Å². The standard InChI is InChI=1S/C14H20BrN3S/c1-3-8-18(4-2)9-7-16-14-17-12-6-5-11(15)10-13(12)19-14/h5-6,10H,3-4,7-9H2,1-2H3,(H,16,17). The number of nitrogens with one attached hydrogen (secondary N) is 1. The molecule has 0 aliphatic carbocycles. The highest BCUT2D eigenvalue weighted by atomic mass is 79.9. The zero-order chi connectivity index (χ0) is 13.7. The Morgan fingerprint density at radius 3 is 2.89 bits per heavy atom. The molecule has 0 saturated heterocycles. The van der Waals surface area contributed by atoms with Gasteiger partial charge in [0.05, 0.1) is 10.2 Å². The van der Waals surface area contributed by atoms with Gasteiger partial charge in [0.25, 0.3) is 0 Å². The van der Waals surface area contributed by atoms with E-state index >= 15 is 0 Å². The summed E-state index contributed by atoms with van der Waals surface area (Å²) in [5.74, 6) is 0. The topological polar surface area (TPSA) is 28.2 Å². The predicted molar refractivity (Wildman–Crippen MR) is 88.2 cm³/mol. The fraction of sp³-hybridized carbons (Fsp3) is 0.500. The van der Waals surface area contributed by atoms with Gasteiger partial charge in [-0.1, -0.05) is 41.1 Å². The largest absolute Gasteiger partial charge is 0.360 e. The minimum atomic E-state index is 0.953. The summed E-state index contributed by atoms with van der Waals surface area (Å²) < 4.78 is 2.33. The van der Waals surface area contributed by atoms with Gasteiger partial charge in [-0.15, -0.1) is 0 Å². The van der Waals surface area contributed by atoms with Crippen LogP contribution in [0, 0.1) is 0 Å². The van der Waals surface area contributed by atoms with Crippen LogP contribution in [0.25, 0.3) is 10.2 Å². The average Bonchev–Trinajstić information content (AvgIpc) is 2.79. The SMILES string of the molecule is CCCN(CC)CCNc1nc2ccc(Br)cc2s1. The van der Waals surface area contributed by atoms with Gasteiger partial charge in [-0.3, -0.25) is 0 Å². The zero-order valence-corrected chi connectivity index (χ0v) is 13.9. The van der Waals surface area contributed by atoms with E-state index in [0.717, 1.165) is 34.8 Å². The molecular formula is C14H20BrN3S. The molecule has 0 amide bonds. The van der Waals surface area contributed by atoms with Gasteiger partial charge in [-0.25, -0.2) is 4.98 Å². The van der Waals surface area contributed by atoms with E-state index in [1.54, 1.807) is 11.3 Å². The van der Waals surface area contributed by atoms with Gasteiger partial charge < -0.3 is 10.2 Å². The van der Waals surface area contributed by atoms with Crippen LogP contribution >= 0.6 is 27.3 Å². The summed E-state index contributed by atoms with van der Waals surface area (Å²) >= 11 is 5.21. The average molecular weight is 342 g/mol. The van der Waals surface area contributed by atoms with Crippen molar-refractivity contribution in [2.24, 2.45) is 0 Å². The molecular weight excluding hydrogens is 322 g/mol. The summed E-state index contributed by atoms with van der Waals surface area (Å²) in [5.41, 5.74) is 1.07. The van der Waals surface area contributed by atoms with Crippen LogP contribution in [0.1, 0.15) is 20.3 Å². The van der Waals surface area contributed by atoms with Crippen molar-refractivity contribution in [3.8, 4) is 0 Å². The minimum absolute atomic E-state index is 0.953. The molecule has 5 heteroatoms. The maximum Gasteiger partial charge on any atom is 0.183 e. The lowest BCUT2D eigenvalue weighted by Gasteiger charge is -2.19. The number of likely N-dealkylation sites (N-methyl/N-ethyl adjacent to an activating group) is 1. The minimum Gasteiger partial charge on any atom is -0.360 e. The van der Waals surface area contributed by atoms with Crippen LogP contribution in [0.5, 0.6) is 0 Å². The maximum atomic E-state index is 4.59. The molecule has 2 aromatic rings. The van der Waals surface area contributed by atoms with Crippen LogP contribution in [0.3, 0.4) is 0 Å². The molecule has 1 N–H and O–H groups in total. The third-order valence-corrected chi connectivity index (χ3v) is 4.51. The maximum absolute atomic E-state index is 4.59. The molecule has 3 nitrogen and oxygen atoms in total. The highest BCUT2D eigenvalue weighted by Crippen LogP contribution is 2.28. The first-order valence-corrected chi connectivity index (χ1v) is 8.36. The smallest absolute Gasteiger partial charge is 0.183 e. The fourth-order valence-electron chi connectivity index (χ4n) is 2.04. The van der Waals surface area contributed by atoms with E-state index < -0.39 is 0 Å². The second-order valence-electron chi connectivity index (χ2n) is 4.49. The molecule has 0 fully saturated rings. The number of nitrogens with zero attached hydrogens (tertiary/aromatic N) is 2. The Kier molecular flexibility index (Phi) is 5.60. The van der Waals surface area contributed by atoms with Crippen molar-refractivity contribution in [3.63, 3.8) is 0 Å². The Labute approximate surface area is 127 Å². The highest BCUT2D eigenvalue weighted by molar-refractivity contribution is 9.10. The van der Waals surface area contributed by atoms with E-state index in [0.29, 0.717) is 0 Å². The predicted octanol–water partition coefficient (Wildman–Crippen LogP) is 4.20. The van der Waals surface area contributed by atoms with Crippen LogP contribution < -0.4 is 5.32 Å². The van der Waals surface area contributed by atoms with Crippen LogP contribution in [-0.4, -0.2) is 36.1 Å². The Morgan fingerprint density at radius 2 is 2.16 bits per heavy atom. The van der Waals surface area contributed by atoms with Crippen molar-refractivity contribution >= 4 is 42.6 Å². The van der Waals surface area contributed by atoms with E-state index in [9.17, 15) is 0 Å². The summed E-state index contributed by atoms with van der Waals surface area (Å²) in [4.78, 5) is 7.05. The Hall–Kier alpha value is -0.650. The number of anilines is 1. The zero-order valence-electron chi connectivity index (χ0n) is 11.4. The third kappa shape index (κ3) is 4.16. The van der Waals surface area contributed by atoms with Gasteiger partial charge in [0.1, 0.15) is 0 Å². The van der Waals surface area contributed by atoms with Crippen molar-refractivity contribution in [1.29, 1.82) is 0 Å². The molecule has 0 aliphatic heterocycles. The molecule has 0 bridgehead atoms. The highest BCUT2D eigenvalue weighted by Gasteiger charge is 2.05. The summed E-state index contributed by atoms with van der Waals surface area (Å²) in [6.07, 6.45) is 1.21. The first kappa shape index (κ1) is 14.8. The van der Waals surface area contributed by atoms with Crippen LogP contribution in [0.15, 0.2) is 22.7 Å². The van der Waals surface area contributed by atoms with Gasteiger partial charge >= 0.3 is 0 Å². The van der Waals surface area contributed by atoms with E-state index in [2.05, 4.69) is 57.1 Å². The van der Waals surface area contributed by atoms with Crippen molar-refractivity contribution in [3.05, 3.63) is 22.7 Å². The van der Waals surface area contributed by atoms with Crippen LogP contribution in [-0.2, 0) is 0 Å². The van der Waals surface area contributed by atoms with E-state index in [1.807, 2.05) is 6.07 Å². The quantitative estimate of drug-likeness (QED) is 0.817. The number of hydrogen-bond acceptors (Lipinski definition) is 4. The molecule has 0 saturated carbocycles. The first-order chi connectivity index (χ1) is 9.22. The number of thiazole rings is 1. The van der Waals surface area contributed by atoms with Crippen molar-refractivity contribution < 1.29 is 0 Å². The molecule has 0 radical (unpaired) electrons. The number of halogens is 1. The van der Waals surface area contributed by atoms with Gasteiger partial charge in [-0.05, 0) is 37.7 Å². The Balaban J connectivity index is 1.91. The van der Waals surface area contributed by atoms with Crippen molar-refractivity contribution in [1.82, 2.24) is 9.88 Å². The van der Waals surface area contributed by atoms with E-state index in [1.165, 1.54) is 17.7 Å². The fourth-order valence-corrected chi connectivity index (χ4v) is 3.48. The monoisotopic (exact) mass is 341 g/mol. The summed E-state index contributed by atoms with van der Waals surface area (Å²) in [6.45, 7) is 8.75. The molecule has 19 heavy (non-hydrogen) atoms. The number of aromatic nitrogens is 1. The van der Waals surface area contributed by atoms with Crippen LogP contribution in [0.4, 0.5) is 5.13 Å². The van der Waals surface area contributed by atoms with Gasteiger partial charge in [-0.2, -0.15) is 0 Å². The van der Waals surface area contributed by atoms with Gasteiger partial charge in [0, 0.05) is 17.6 Å². The van der Waals surface area contributed by atoms with Crippen molar-refractivity contribution in [2.75, 3.05) is 31.5 Å². The Morgan fingerprint density at radius 1 is 1.32 bits per heavy atom. The van der Waals surface area contributed by atoms with Gasteiger partial charge in [0.15, 0.2) is 5.13 Å². The first-order valence-electron chi connectivity index (χ1n) is 6.75. The number of hydrogen-bond donors (Lipinski definition) is 1. The number of rotatable bonds is 7. The number of benzene rings is 1. The lowest BCUT2D eigenvalue weighted by atomic mass is 10.3. The molecule has 0 atom stereocenters. The molecule has 1 heterocycles. The second-order valence-corrected chi connectivity index (χ2v) is 6.44. The van der Waals surface area contributed by atoms with Crippen LogP contribution in [0.2, 0.25) is 0 Å². The lowest BCUT2D eigenvalue weighted by Crippen LogP contribution is -2.29. The molecule has 104 valence electrons. The lowest BCUT2D eigenvalue weighted by molar-refractivity contribution is 0.300. The molecule has 0 unspecified atom stereocenters.